The highest BCUT2D eigenvalue weighted by Crippen LogP contribution is 2.12. The number of hydrogen-bond donors (Lipinski definition) is 0. The Morgan fingerprint density at radius 1 is 0.333 bits per heavy atom. The zero-order valence-corrected chi connectivity index (χ0v) is 40.5. The lowest BCUT2D eigenvalue weighted by Gasteiger charge is -2.18. The van der Waals surface area contributed by atoms with Crippen molar-refractivity contribution >= 4 is 17.9 Å². The van der Waals surface area contributed by atoms with Crippen LogP contribution in [0.1, 0.15) is 213 Å². The Morgan fingerprint density at radius 3 is 1.11 bits per heavy atom. The summed E-state index contributed by atoms with van der Waals surface area (Å²) >= 11 is 0. The van der Waals surface area contributed by atoms with E-state index in [1.807, 2.05) is 0 Å². The maximum atomic E-state index is 12.8. The van der Waals surface area contributed by atoms with Gasteiger partial charge in [0.1, 0.15) is 13.2 Å². The summed E-state index contributed by atoms with van der Waals surface area (Å²) < 4.78 is 16.7. The second-order valence-electron chi connectivity index (χ2n) is 16.3. The van der Waals surface area contributed by atoms with Gasteiger partial charge in [-0.25, -0.2) is 0 Å². The fourth-order valence-corrected chi connectivity index (χ4v) is 6.42. The fourth-order valence-electron chi connectivity index (χ4n) is 6.42. The van der Waals surface area contributed by atoms with Gasteiger partial charge in [0.15, 0.2) is 6.10 Å². The summed E-state index contributed by atoms with van der Waals surface area (Å²) in [4.78, 5) is 37.9. The monoisotopic (exact) mass is 873 g/mol. The lowest BCUT2D eigenvalue weighted by atomic mass is 10.1. The number of carbonyl (C=O) groups excluding carboxylic acids is 3. The van der Waals surface area contributed by atoms with E-state index in [9.17, 15) is 14.4 Å². The highest BCUT2D eigenvalue weighted by Gasteiger charge is 2.19. The van der Waals surface area contributed by atoms with Gasteiger partial charge >= 0.3 is 17.9 Å². The minimum atomic E-state index is -0.825. The van der Waals surface area contributed by atoms with Crippen molar-refractivity contribution < 1.29 is 28.6 Å². The zero-order valence-electron chi connectivity index (χ0n) is 40.5. The molecule has 0 aromatic carbocycles. The molecule has 0 aliphatic rings. The quantitative estimate of drug-likeness (QED) is 0.0263. The Balaban J connectivity index is 4.57. The molecule has 6 nitrogen and oxygen atoms in total. The van der Waals surface area contributed by atoms with Crippen molar-refractivity contribution in [1.82, 2.24) is 0 Å². The van der Waals surface area contributed by atoms with Gasteiger partial charge in [0.05, 0.1) is 0 Å². The average molecular weight is 873 g/mol. The molecule has 0 heterocycles. The number of allylic oxidation sites excluding steroid dienone is 18. The number of unbranched alkanes of at least 4 members (excludes halogenated alkanes) is 15. The van der Waals surface area contributed by atoms with Gasteiger partial charge in [0.25, 0.3) is 0 Å². The molecule has 0 saturated carbocycles. The average Bonchev–Trinajstić information content (AvgIpc) is 3.28. The third kappa shape index (κ3) is 49.0. The van der Waals surface area contributed by atoms with Crippen LogP contribution in [0, 0.1) is 0 Å². The maximum Gasteiger partial charge on any atom is 0.306 e. The highest BCUT2D eigenvalue weighted by molar-refractivity contribution is 5.71. The molecule has 6 heteroatoms. The third-order valence-electron chi connectivity index (χ3n) is 10.2. The first-order chi connectivity index (χ1) is 31.0. The topological polar surface area (TPSA) is 78.9 Å². The first-order valence-corrected chi connectivity index (χ1v) is 25.4. The Kier molecular flexibility index (Phi) is 47.5. The van der Waals surface area contributed by atoms with Crippen LogP contribution in [-0.4, -0.2) is 37.2 Å². The van der Waals surface area contributed by atoms with Crippen molar-refractivity contribution in [2.75, 3.05) is 13.2 Å². The van der Waals surface area contributed by atoms with Gasteiger partial charge in [-0.05, 0) is 122 Å². The molecule has 0 N–H and O–H groups in total. The van der Waals surface area contributed by atoms with Gasteiger partial charge in [-0.15, -0.1) is 0 Å². The minimum absolute atomic E-state index is 0.117. The second kappa shape index (κ2) is 50.7. The lowest BCUT2D eigenvalue weighted by Crippen LogP contribution is -2.30. The van der Waals surface area contributed by atoms with Crippen molar-refractivity contribution in [3.05, 3.63) is 109 Å². The van der Waals surface area contributed by atoms with Crippen LogP contribution in [0.5, 0.6) is 0 Å². The van der Waals surface area contributed by atoms with Crippen LogP contribution in [0.3, 0.4) is 0 Å². The summed E-state index contributed by atoms with van der Waals surface area (Å²) in [5.74, 6) is -1.03. The molecule has 0 radical (unpaired) electrons. The molecule has 0 unspecified atom stereocenters. The smallest absolute Gasteiger partial charge is 0.306 e. The Morgan fingerprint density at radius 2 is 0.635 bits per heavy atom. The molecule has 0 fully saturated rings. The Bertz CT molecular complexity index is 1330. The van der Waals surface area contributed by atoms with Crippen LogP contribution < -0.4 is 0 Å². The van der Waals surface area contributed by atoms with Crippen LogP contribution in [0.4, 0.5) is 0 Å². The number of carbonyl (C=O) groups is 3. The SMILES string of the molecule is CC/C=C\C/C=C\C/C=C\C/C=C\C/C=C\CCCC(=O)OC[C@H](COC(=O)CCCCCCC/C=C\CCCCCC)OC(=O)CCCC/C=C\C/C=C\C/C=C\CCCCC. The van der Waals surface area contributed by atoms with Crippen LogP contribution in [-0.2, 0) is 28.6 Å². The Hall–Kier alpha value is -3.93. The van der Waals surface area contributed by atoms with Crippen LogP contribution in [0.2, 0.25) is 0 Å². The summed E-state index contributed by atoms with van der Waals surface area (Å²) in [6.07, 6.45) is 67.9. The zero-order chi connectivity index (χ0) is 45.8. The standard InChI is InChI=1S/C57H92O6/c1-4-7-10-13-16-19-22-25-27-28-30-32-35-38-41-44-47-50-56(59)62-53-54(52-61-55(58)49-46-43-40-37-34-31-24-21-18-15-12-9-6-3)63-57(60)51-48-45-42-39-36-33-29-26-23-20-17-14-11-8-5-2/h7,10,16-17,19-21,24-27,29-30,32,36,38-39,41,54H,4-6,8-9,11-15,18,22-23,28,31,33-35,37,40,42-53H2,1-3H3/b10-7-,19-16-,20-17-,24-21-,27-25-,29-26-,32-30-,39-36-,41-38-/t54-/m0/s1. The number of rotatable bonds is 44. The first-order valence-electron chi connectivity index (χ1n) is 25.4. The fraction of sp³-hybridized carbons (Fsp3) is 0.632. The molecule has 0 aromatic heterocycles. The molecule has 0 amide bonds. The molecule has 0 aliphatic heterocycles. The summed E-state index contributed by atoms with van der Waals surface area (Å²) in [6, 6.07) is 0. The minimum Gasteiger partial charge on any atom is -0.462 e. The van der Waals surface area contributed by atoms with E-state index < -0.39 is 6.10 Å². The molecule has 356 valence electrons. The number of hydrogen-bond acceptors (Lipinski definition) is 6. The second-order valence-corrected chi connectivity index (χ2v) is 16.3. The van der Waals surface area contributed by atoms with Gasteiger partial charge in [0, 0.05) is 19.3 Å². The predicted molar refractivity (Wildman–Crippen MR) is 270 cm³/mol. The van der Waals surface area contributed by atoms with Crippen LogP contribution in [0.25, 0.3) is 0 Å². The first kappa shape index (κ1) is 59.1. The summed E-state index contributed by atoms with van der Waals surface area (Å²) in [7, 11) is 0. The number of ether oxygens (including phenoxy) is 3. The highest BCUT2D eigenvalue weighted by atomic mass is 16.6. The van der Waals surface area contributed by atoms with E-state index in [0.29, 0.717) is 19.3 Å². The van der Waals surface area contributed by atoms with E-state index >= 15 is 0 Å². The maximum absolute atomic E-state index is 12.8. The Labute approximate surface area is 387 Å². The van der Waals surface area contributed by atoms with Gasteiger partial charge in [-0.2, -0.15) is 0 Å². The molecule has 63 heavy (non-hydrogen) atoms. The molecule has 0 aliphatic carbocycles. The van der Waals surface area contributed by atoms with Crippen molar-refractivity contribution in [3.8, 4) is 0 Å². The molecule has 0 aromatic rings. The summed E-state index contributed by atoms with van der Waals surface area (Å²) in [5, 5.41) is 0. The predicted octanol–water partition coefficient (Wildman–Crippen LogP) is 16.8. The molecular weight excluding hydrogens is 781 g/mol. The van der Waals surface area contributed by atoms with Gasteiger partial charge in [0.2, 0.25) is 0 Å². The summed E-state index contributed by atoms with van der Waals surface area (Å²) in [5.41, 5.74) is 0. The normalized spacial score (nSPS) is 13.0. The van der Waals surface area contributed by atoms with E-state index in [0.717, 1.165) is 96.3 Å². The van der Waals surface area contributed by atoms with Crippen molar-refractivity contribution in [3.63, 3.8) is 0 Å². The van der Waals surface area contributed by atoms with Crippen molar-refractivity contribution in [1.29, 1.82) is 0 Å². The van der Waals surface area contributed by atoms with E-state index in [2.05, 4.69) is 130 Å². The van der Waals surface area contributed by atoms with Crippen LogP contribution in [0.15, 0.2) is 109 Å². The molecule has 0 bridgehead atoms. The van der Waals surface area contributed by atoms with Gasteiger partial charge in [-0.1, -0.05) is 182 Å². The largest absolute Gasteiger partial charge is 0.462 e. The van der Waals surface area contributed by atoms with E-state index in [4.69, 9.17) is 14.2 Å². The molecule has 0 saturated heterocycles. The van der Waals surface area contributed by atoms with Crippen LogP contribution >= 0.6 is 0 Å². The van der Waals surface area contributed by atoms with Crippen molar-refractivity contribution in [2.24, 2.45) is 0 Å². The molecule has 0 rings (SSSR count). The van der Waals surface area contributed by atoms with Crippen molar-refractivity contribution in [2.45, 2.75) is 219 Å². The molecular formula is C57H92O6. The molecule has 1 atom stereocenters. The van der Waals surface area contributed by atoms with Gasteiger partial charge < -0.3 is 14.2 Å². The van der Waals surface area contributed by atoms with E-state index in [1.165, 1.54) is 64.2 Å². The van der Waals surface area contributed by atoms with E-state index in [1.54, 1.807) is 0 Å². The third-order valence-corrected chi connectivity index (χ3v) is 10.2. The lowest BCUT2D eigenvalue weighted by molar-refractivity contribution is -0.167. The summed E-state index contributed by atoms with van der Waals surface area (Å²) in [6.45, 7) is 6.37. The van der Waals surface area contributed by atoms with E-state index in [-0.39, 0.29) is 44.0 Å². The number of esters is 3. The molecule has 0 spiro atoms. The van der Waals surface area contributed by atoms with Gasteiger partial charge in [-0.3, -0.25) is 14.4 Å².